The molecule has 0 aliphatic carbocycles. The number of nitrogens with one attached hydrogen (secondary N) is 1. The molecular weight excluding hydrogens is 434 g/mol. The third-order valence-electron chi connectivity index (χ3n) is 5.38. The third-order valence-corrected chi connectivity index (χ3v) is 6.65. The van der Waals surface area contributed by atoms with Crippen molar-refractivity contribution < 1.29 is 22.7 Å². The molecule has 0 saturated carbocycles. The highest BCUT2D eigenvalue weighted by Crippen LogP contribution is 2.23. The van der Waals surface area contributed by atoms with E-state index in [1.54, 1.807) is 18.2 Å². The summed E-state index contributed by atoms with van der Waals surface area (Å²) < 4.78 is 32.9. The number of ether oxygens (including phenoxy) is 1. The number of anilines is 2. The van der Waals surface area contributed by atoms with Gasteiger partial charge in [0.15, 0.2) is 5.82 Å². The second-order valence-electron chi connectivity index (χ2n) is 7.67. The molecular formula is C21H25N5O5S. The summed E-state index contributed by atoms with van der Waals surface area (Å²) in [5.41, 5.74) is 1.71. The summed E-state index contributed by atoms with van der Waals surface area (Å²) in [6, 6.07) is 10.6. The van der Waals surface area contributed by atoms with Gasteiger partial charge < -0.3 is 9.64 Å². The second-order valence-corrected chi connectivity index (χ2v) is 9.51. The number of rotatable bonds is 7. The number of hydrogen-bond donors (Lipinski definition) is 1. The van der Waals surface area contributed by atoms with Crippen LogP contribution >= 0.6 is 0 Å². The van der Waals surface area contributed by atoms with Crippen LogP contribution in [0.3, 0.4) is 0 Å². The van der Waals surface area contributed by atoms with Gasteiger partial charge in [-0.3, -0.25) is 19.2 Å². The number of carbonyl (C=O) groups is 2. The predicted octanol–water partition coefficient (Wildman–Crippen LogP) is 1.26. The molecule has 2 aromatic rings. The molecule has 32 heavy (non-hydrogen) atoms. The van der Waals surface area contributed by atoms with E-state index in [4.69, 9.17) is 4.74 Å². The fourth-order valence-electron chi connectivity index (χ4n) is 3.67. The van der Waals surface area contributed by atoms with E-state index in [1.165, 1.54) is 0 Å². The van der Waals surface area contributed by atoms with Gasteiger partial charge in [-0.1, -0.05) is 12.1 Å². The van der Waals surface area contributed by atoms with Crippen molar-refractivity contribution in [2.45, 2.75) is 19.3 Å². The lowest BCUT2D eigenvalue weighted by atomic mass is 10.1. The number of piperidine rings is 1. The van der Waals surface area contributed by atoms with Crippen molar-refractivity contribution in [3.8, 4) is 11.3 Å². The number of carbonyl (C=O) groups excluding carboxylic acids is 2. The van der Waals surface area contributed by atoms with Crippen LogP contribution in [-0.4, -0.2) is 73.9 Å². The average Bonchev–Trinajstić information content (AvgIpc) is 2.79. The maximum Gasteiger partial charge on any atom is 0.234 e. The van der Waals surface area contributed by atoms with Crippen molar-refractivity contribution in [1.29, 1.82) is 0 Å². The smallest absolute Gasteiger partial charge is 0.234 e. The highest BCUT2D eigenvalue weighted by molar-refractivity contribution is 7.92. The first-order valence-electron chi connectivity index (χ1n) is 10.5. The molecule has 0 bridgehead atoms. The van der Waals surface area contributed by atoms with Crippen LogP contribution in [0.5, 0.6) is 0 Å². The van der Waals surface area contributed by atoms with Gasteiger partial charge in [-0.15, -0.1) is 10.2 Å². The monoisotopic (exact) mass is 459 g/mol. The fourth-order valence-corrected chi connectivity index (χ4v) is 4.68. The molecule has 2 aliphatic rings. The minimum absolute atomic E-state index is 0.152. The van der Waals surface area contributed by atoms with Gasteiger partial charge >= 0.3 is 0 Å². The molecule has 170 valence electrons. The van der Waals surface area contributed by atoms with Gasteiger partial charge in [0.25, 0.3) is 0 Å². The van der Waals surface area contributed by atoms with Gasteiger partial charge in [-0.2, -0.15) is 0 Å². The Kier molecular flexibility index (Phi) is 6.66. The molecule has 2 saturated heterocycles. The number of amides is 2. The summed E-state index contributed by atoms with van der Waals surface area (Å²) in [7, 11) is -3.75. The van der Waals surface area contributed by atoms with Crippen molar-refractivity contribution in [2.24, 2.45) is 0 Å². The van der Waals surface area contributed by atoms with Crippen molar-refractivity contribution in [2.75, 3.05) is 48.2 Å². The molecule has 0 unspecified atom stereocenters. The van der Waals surface area contributed by atoms with Crippen LogP contribution in [0, 0.1) is 0 Å². The Balaban J connectivity index is 1.41. The number of aromatic nitrogens is 2. The lowest BCUT2D eigenvalue weighted by Gasteiger charge is -2.27. The van der Waals surface area contributed by atoms with E-state index in [0.717, 1.165) is 23.8 Å². The third kappa shape index (κ3) is 5.40. The molecule has 1 aromatic heterocycles. The Morgan fingerprint density at radius 3 is 2.44 bits per heavy atom. The van der Waals surface area contributed by atoms with E-state index in [-0.39, 0.29) is 37.0 Å². The highest BCUT2D eigenvalue weighted by atomic mass is 32.2. The van der Waals surface area contributed by atoms with Gasteiger partial charge in [-0.05, 0) is 30.7 Å². The molecule has 11 heteroatoms. The molecule has 2 fully saturated rings. The standard InChI is InChI=1S/C21H25N5O5S/c27-20-5-2-6-21(28)26(20)11-14-32(29,30)24-17-4-1-3-16(15-17)18-7-8-19(23-22-18)25-9-12-31-13-10-25/h1,3-4,7-8,15,24H,2,5-6,9-14H2. The zero-order valence-corrected chi connectivity index (χ0v) is 18.4. The fraction of sp³-hybridized carbons (Fsp3) is 0.429. The number of hydrogen-bond acceptors (Lipinski definition) is 8. The zero-order valence-electron chi connectivity index (χ0n) is 17.6. The van der Waals surface area contributed by atoms with Crippen LogP contribution in [0.2, 0.25) is 0 Å². The summed E-state index contributed by atoms with van der Waals surface area (Å²) in [5.74, 6) is -0.228. The van der Waals surface area contributed by atoms with Gasteiger partial charge in [0.2, 0.25) is 21.8 Å². The maximum atomic E-state index is 12.5. The van der Waals surface area contributed by atoms with Crippen LogP contribution in [0.1, 0.15) is 19.3 Å². The lowest BCUT2D eigenvalue weighted by Crippen LogP contribution is -2.43. The number of sulfonamides is 1. The highest BCUT2D eigenvalue weighted by Gasteiger charge is 2.27. The summed E-state index contributed by atoms with van der Waals surface area (Å²) >= 11 is 0. The molecule has 3 heterocycles. The van der Waals surface area contributed by atoms with Crippen molar-refractivity contribution in [3.05, 3.63) is 36.4 Å². The Hall–Kier alpha value is -3.05. The number of morpholine rings is 1. The SMILES string of the molecule is O=C1CCCC(=O)N1CCS(=O)(=O)Nc1cccc(-c2ccc(N3CCOCC3)nn2)c1. The molecule has 2 aliphatic heterocycles. The molecule has 10 nitrogen and oxygen atoms in total. The molecule has 0 atom stereocenters. The topological polar surface area (TPSA) is 122 Å². The summed E-state index contributed by atoms with van der Waals surface area (Å²) in [6.45, 7) is 2.69. The molecule has 0 spiro atoms. The molecule has 2 amide bonds. The lowest BCUT2D eigenvalue weighted by molar-refractivity contribution is -0.147. The van der Waals surface area contributed by atoms with E-state index in [0.29, 0.717) is 36.6 Å². The van der Waals surface area contributed by atoms with E-state index < -0.39 is 10.0 Å². The summed E-state index contributed by atoms with van der Waals surface area (Å²) in [6.07, 6.45) is 1.06. The zero-order chi connectivity index (χ0) is 22.6. The van der Waals surface area contributed by atoms with Crippen molar-refractivity contribution in [1.82, 2.24) is 15.1 Å². The molecule has 4 rings (SSSR count). The quantitative estimate of drug-likeness (QED) is 0.614. The van der Waals surface area contributed by atoms with Crippen molar-refractivity contribution in [3.63, 3.8) is 0 Å². The van der Waals surface area contributed by atoms with Crippen LogP contribution < -0.4 is 9.62 Å². The first kappa shape index (κ1) is 22.2. The summed E-state index contributed by atoms with van der Waals surface area (Å²) in [5, 5.41) is 8.58. The molecule has 0 radical (unpaired) electrons. The van der Waals surface area contributed by atoms with E-state index in [2.05, 4.69) is 19.8 Å². The van der Waals surface area contributed by atoms with Crippen molar-refractivity contribution >= 4 is 33.3 Å². The van der Waals surface area contributed by atoms with Gasteiger partial charge in [0, 0.05) is 43.7 Å². The first-order valence-corrected chi connectivity index (χ1v) is 12.2. The van der Waals surface area contributed by atoms with Crippen LogP contribution in [-0.2, 0) is 24.3 Å². The van der Waals surface area contributed by atoms with Gasteiger partial charge in [0.1, 0.15) is 0 Å². The largest absolute Gasteiger partial charge is 0.378 e. The molecule has 1 aromatic carbocycles. The minimum Gasteiger partial charge on any atom is -0.378 e. The maximum absolute atomic E-state index is 12.5. The van der Waals surface area contributed by atoms with E-state index in [1.807, 2.05) is 18.2 Å². The van der Waals surface area contributed by atoms with Crippen LogP contribution in [0.15, 0.2) is 36.4 Å². The van der Waals surface area contributed by atoms with E-state index in [9.17, 15) is 18.0 Å². The minimum atomic E-state index is -3.75. The second kappa shape index (κ2) is 9.61. The number of likely N-dealkylation sites (tertiary alicyclic amines) is 1. The Morgan fingerprint density at radius 1 is 1.00 bits per heavy atom. The number of nitrogens with zero attached hydrogens (tertiary/aromatic N) is 4. The first-order chi connectivity index (χ1) is 15.4. The van der Waals surface area contributed by atoms with Crippen LogP contribution in [0.4, 0.5) is 11.5 Å². The van der Waals surface area contributed by atoms with Gasteiger partial charge in [-0.25, -0.2) is 8.42 Å². The average molecular weight is 460 g/mol. The Bertz CT molecular complexity index is 1070. The van der Waals surface area contributed by atoms with Crippen LogP contribution in [0.25, 0.3) is 11.3 Å². The van der Waals surface area contributed by atoms with Gasteiger partial charge in [0.05, 0.1) is 24.7 Å². The Morgan fingerprint density at radius 2 is 1.75 bits per heavy atom. The summed E-state index contributed by atoms with van der Waals surface area (Å²) in [4.78, 5) is 26.9. The predicted molar refractivity (Wildman–Crippen MR) is 118 cm³/mol. The number of benzene rings is 1. The molecule has 1 N–H and O–H groups in total. The Labute approximate surface area is 186 Å². The normalized spacial score (nSPS) is 17.5. The van der Waals surface area contributed by atoms with E-state index >= 15 is 0 Å². The number of imide groups is 1.